The highest BCUT2D eigenvalue weighted by atomic mass is 35.5. The summed E-state index contributed by atoms with van der Waals surface area (Å²) in [5.74, 6) is 0.105. The lowest BCUT2D eigenvalue weighted by molar-refractivity contribution is 0.0727. The topological polar surface area (TPSA) is 71.1 Å². The molecule has 3 aromatic carbocycles. The molecule has 0 aliphatic carbocycles. The number of carbonyl (C=O) groups excluding carboxylic acids is 2. The maximum atomic E-state index is 12.8. The molecule has 6 nitrogen and oxygen atoms in total. The number of ketones is 1. The summed E-state index contributed by atoms with van der Waals surface area (Å²) in [5, 5.41) is 0.774. The number of esters is 1. The van der Waals surface area contributed by atoms with Crippen molar-refractivity contribution in [2.45, 2.75) is 0 Å². The zero-order chi connectivity index (χ0) is 22.8. The average molecular weight is 471 g/mol. The van der Waals surface area contributed by atoms with Crippen LogP contribution in [0.2, 0.25) is 10.0 Å². The molecule has 0 saturated heterocycles. The molecule has 0 unspecified atom stereocenters. The molecule has 1 heterocycles. The number of fused-ring (bicyclic) bond motifs is 1. The fraction of sp³-hybridized carbons (Fsp3) is 0.0833. The zero-order valence-corrected chi connectivity index (χ0v) is 18.5. The van der Waals surface area contributed by atoms with Gasteiger partial charge in [0.25, 0.3) is 0 Å². The van der Waals surface area contributed by atoms with Crippen molar-refractivity contribution in [3.63, 3.8) is 0 Å². The van der Waals surface area contributed by atoms with Crippen LogP contribution in [0, 0.1) is 0 Å². The molecule has 0 saturated carbocycles. The number of allylic oxidation sites excluding steroid dienone is 1. The van der Waals surface area contributed by atoms with Crippen molar-refractivity contribution in [1.82, 2.24) is 0 Å². The molecule has 0 aromatic heterocycles. The Balaban J connectivity index is 1.61. The lowest BCUT2D eigenvalue weighted by atomic mass is 10.1. The van der Waals surface area contributed by atoms with Crippen LogP contribution in [-0.2, 0) is 0 Å². The van der Waals surface area contributed by atoms with Crippen molar-refractivity contribution in [3.8, 4) is 23.0 Å². The molecule has 0 amide bonds. The van der Waals surface area contributed by atoms with E-state index in [0.29, 0.717) is 32.7 Å². The minimum Gasteiger partial charge on any atom is -0.496 e. The third-order valence-corrected chi connectivity index (χ3v) is 5.42. The fourth-order valence-corrected chi connectivity index (χ4v) is 3.73. The van der Waals surface area contributed by atoms with Crippen LogP contribution >= 0.6 is 23.2 Å². The third kappa shape index (κ3) is 4.02. The van der Waals surface area contributed by atoms with Crippen LogP contribution in [-0.4, -0.2) is 26.0 Å². The lowest BCUT2D eigenvalue weighted by Gasteiger charge is -2.12. The Hall–Kier alpha value is -3.48. The summed E-state index contributed by atoms with van der Waals surface area (Å²) in [4.78, 5) is 25.5. The van der Waals surface area contributed by atoms with Gasteiger partial charge in [-0.05, 0) is 42.5 Å². The average Bonchev–Trinajstić information content (AvgIpc) is 3.10. The minimum atomic E-state index is -0.679. The van der Waals surface area contributed by atoms with E-state index in [1.54, 1.807) is 36.4 Å². The molecule has 0 N–H and O–H groups in total. The smallest absolute Gasteiger partial charge is 0.351 e. The van der Waals surface area contributed by atoms with Crippen LogP contribution < -0.4 is 18.9 Å². The number of methoxy groups -OCH3 is 2. The van der Waals surface area contributed by atoms with Gasteiger partial charge in [0.2, 0.25) is 5.78 Å². The van der Waals surface area contributed by atoms with Crippen LogP contribution in [0.25, 0.3) is 6.08 Å². The molecule has 0 fully saturated rings. The van der Waals surface area contributed by atoms with Gasteiger partial charge < -0.3 is 18.9 Å². The molecule has 0 bridgehead atoms. The highest BCUT2D eigenvalue weighted by Crippen LogP contribution is 2.37. The summed E-state index contributed by atoms with van der Waals surface area (Å²) < 4.78 is 21.7. The maximum absolute atomic E-state index is 12.8. The summed E-state index contributed by atoms with van der Waals surface area (Å²) in [6, 6.07) is 14.5. The fourth-order valence-electron chi connectivity index (χ4n) is 3.22. The highest BCUT2D eigenvalue weighted by Gasteiger charge is 2.29. The van der Waals surface area contributed by atoms with Gasteiger partial charge in [-0.2, -0.15) is 0 Å². The van der Waals surface area contributed by atoms with Crippen LogP contribution in [0.4, 0.5) is 0 Å². The van der Waals surface area contributed by atoms with Crippen LogP contribution in [0.1, 0.15) is 26.3 Å². The van der Waals surface area contributed by atoms with E-state index < -0.39 is 5.97 Å². The van der Waals surface area contributed by atoms with Gasteiger partial charge in [0.1, 0.15) is 28.6 Å². The van der Waals surface area contributed by atoms with E-state index in [1.165, 1.54) is 38.5 Å². The van der Waals surface area contributed by atoms with Gasteiger partial charge in [0, 0.05) is 21.7 Å². The Morgan fingerprint density at radius 3 is 2.19 bits per heavy atom. The van der Waals surface area contributed by atoms with Crippen molar-refractivity contribution in [1.29, 1.82) is 0 Å². The van der Waals surface area contributed by atoms with E-state index in [1.807, 2.05) is 0 Å². The summed E-state index contributed by atoms with van der Waals surface area (Å²) in [6.45, 7) is 0. The van der Waals surface area contributed by atoms with E-state index in [9.17, 15) is 9.59 Å². The zero-order valence-electron chi connectivity index (χ0n) is 17.0. The number of ether oxygens (including phenoxy) is 4. The number of benzene rings is 3. The molecular formula is C24H16Cl2O6. The summed E-state index contributed by atoms with van der Waals surface area (Å²) in [7, 11) is 2.89. The molecule has 4 rings (SSSR count). The molecular weight excluding hydrogens is 455 g/mol. The van der Waals surface area contributed by atoms with Crippen LogP contribution in [0.15, 0.2) is 60.4 Å². The first-order valence-corrected chi connectivity index (χ1v) is 10.1. The quantitative estimate of drug-likeness (QED) is 0.264. The van der Waals surface area contributed by atoms with Crippen molar-refractivity contribution in [2.24, 2.45) is 0 Å². The Morgan fingerprint density at radius 2 is 1.56 bits per heavy atom. The predicted molar refractivity (Wildman–Crippen MR) is 120 cm³/mol. The van der Waals surface area contributed by atoms with Crippen molar-refractivity contribution < 1.29 is 28.5 Å². The molecule has 1 aliphatic heterocycles. The largest absolute Gasteiger partial charge is 0.496 e. The summed E-state index contributed by atoms with van der Waals surface area (Å²) >= 11 is 12.4. The Kier molecular flexibility index (Phi) is 6.08. The van der Waals surface area contributed by atoms with Crippen molar-refractivity contribution in [2.75, 3.05) is 14.2 Å². The van der Waals surface area contributed by atoms with Crippen molar-refractivity contribution >= 4 is 41.0 Å². The van der Waals surface area contributed by atoms with E-state index >= 15 is 0 Å². The van der Waals surface area contributed by atoms with E-state index in [2.05, 4.69) is 0 Å². The van der Waals surface area contributed by atoms with Gasteiger partial charge in [0.05, 0.1) is 19.8 Å². The molecule has 0 spiro atoms. The predicted octanol–water partition coefficient (Wildman–Crippen LogP) is 5.85. The second-order valence-electron chi connectivity index (χ2n) is 6.66. The molecule has 0 atom stereocenters. The number of halogens is 2. The first-order valence-electron chi connectivity index (χ1n) is 9.38. The van der Waals surface area contributed by atoms with Gasteiger partial charge in [-0.15, -0.1) is 0 Å². The first-order chi connectivity index (χ1) is 15.4. The number of rotatable bonds is 5. The van der Waals surface area contributed by atoms with Crippen molar-refractivity contribution in [3.05, 3.63) is 87.1 Å². The SMILES string of the molecule is COc1cccc(OC)c1C(=O)Oc1ccc2c(c1)O/C(=C\c1c(Cl)cccc1Cl)C2=O. The van der Waals surface area contributed by atoms with Gasteiger partial charge in [0.15, 0.2) is 5.76 Å². The van der Waals surface area contributed by atoms with Gasteiger partial charge in [-0.3, -0.25) is 4.79 Å². The third-order valence-electron chi connectivity index (χ3n) is 4.76. The number of hydrogen-bond donors (Lipinski definition) is 0. The van der Waals surface area contributed by atoms with Gasteiger partial charge >= 0.3 is 5.97 Å². The first kappa shape index (κ1) is 21.7. The van der Waals surface area contributed by atoms with Gasteiger partial charge in [-0.1, -0.05) is 35.3 Å². The monoisotopic (exact) mass is 470 g/mol. The molecule has 3 aromatic rings. The Morgan fingerprint density at radius 1 is 0.938 bits per heavy atom. The van der Waals surface area contributed by atoms with Crippen LogP contribution in [0.5, 0.6) is 23.0 Å². The Bertz CT molecular complexity index is 1220. The number of hydrogen-bond acceptors (Lipinski definition) is 6. The molecule has 0 radical (unpaired) electrons. The maximum Gasteiger partial charge on any atom is 0.351 e. The minimum absolute atomic E-state index is 0.0601. The molecule has 162 valence electrons. The molecule has 32 heavy (non-hydrogen) atoms. The van der Waals surface area contributed by atoms with Gasteiger partial charge in [-0.25, -0.2) is 4.79 Å². The second-order valence-corrected chi connectivity index (χ2v) is 7.47. The molecule has 1 aliphatic rings. The lowest BCUT2D eigenvalue weighted by Crippen LogP contribution is -2.12. The number of carbonyl (C=O) groups is 2. The van der Waals surface area contributed by atoms with E-state index in [4.69, 9.17) is 42.1 Å². The van der Waals surface area contributed by atoms with Crippen LogP contribution in [0.3, 0.4) is 0 Å². The normalized spacial score (nSPS) is 13.5. The second kappa shape index (κ2) is 8.94. The number of Topliss-reactive ketones (excluding diaryl/α,β-unsaturated/α-hetero) is 1. The highest BCUT2D eigenvalue weighted by molar-refractivity contribution is 6.37. The standard InChI is InChI=1S/C24H16Cl2O6/c1-29-18-7-4-8-19(30-2)22(18)24(28)31-13-9-10-14-20(11-13)32-21(23(14)27)12-15-16(25)5-3-6-17(15)26/h3-12H,1-2H3/b21-12-. The summed E-state index contributed by atoms with van der Waals surface area (Å²) in [5.41, 5.74) is 0.944. The van der Waals surface area contributed by atoms with E-state index in [-0.39, 0.29) is 28.6 Å². The molecule has 8 heteroatoms. The summed E-state index contributed by atoms with van der Waals surface area (Å²) in [6.07, 6.45) is 1.48. The van der Waals surface area contributed by atoms with E-state index in [0.717, 1.165) is 0 Å². The Labute approximate surface area is 193 Å².